The first-order valence-electron chi connectivity index (χ1n) is 6.74. The summed E-state index contributed by atoms with van der Waals surface area (Å²) in [6.07, 6.45) is -0.696. The lowest BCUT2D eigenvalue weighted by Crippen LogP contribution is -2.47. The molecule has 1 aromatic carbocycles. The van der Waals surface area contributed by atoms with E-state index in [-0.39, 0.29) is 23.1 Å². The van der Waals surface area contributed by atoms with Crippen molar-refractivity contribution in [3.05, 3.63) is 33.3 Å². The van der Waals surface area contributed by atoms with Crippen LogP contribution >= 0.6 is 11.6 Å². The molecule has 0 saturated carbocycles. The van der Waals surface area contributed by atoms with Crippen LogP contribution in [0.5, 0.6) is 5.75 Å². The second-order valence-corrected chi connectivity index (χ2v) is 5.32. The highest BCUT2D eigenvalue weighted by Gasteiger charge is 2.19. The van der Waals surface area contributed by atoms with Crippen molar-refractivity contribution in [3.63, 3.8) is 0 Å². The fourth-order valence-corrected chi connectivity index (χ4v) is 2.35. The first-order chi connectivity index (χ1) is 10.1. The number of hydrogen-bond donors (Lipinski definition) is 2. The third kappa shape index (κ3) is 4.82. The molecule has 0 spiro atoms. The molecule has 2 N–H and O–H groups in total. The second-order valence-electron chi connectivity index (χ2n) is 4.88. The van der Waals surface area contributed by atoms with Crippen LogP contribution in [0.25, 0.3) is 0 Å². The van der Waals surface area contributed by atoms with E-state index in [1.807, 2.05) is 0 Å². The lowest BCUT2D eigenvalue weighted by molar-refractivity contribution is -0.385. The minimum Gasteiger partial charge on any atom is -0.484 e. The molecule has 1 atom stereocenters. The maximum Gasteiger partial charge on any atom is 0.312 e. The van der Waals surface area contributed by atoms with Crippen LogP contribution in [0.15, 0.2) is 18.2 Å². The van der Waals surface area contributed by atoms with Crippen LogP contribution in [0.2, 0.25) is 5.02 Å². The van der Waals surface area contributed by atoms with Gasteiger partial charge >= 0.3 is 5.69 Å². The minimum absolute atomic E-state index is 0.00635. The van der Waals surface area contributed by atoms with Gasteiger partial charge in [-0.25, -0.2) is 0 Å². The van der Waals surface area contributed by atoms with Crippen molar-refractivity contribution in [2.24, 2.45) is 0 Å². The number of aliphatic hydroxyl groups excluding tert-OH is 1. The van der Waals surface area contributed by atoms with E-state index in [1.54, 1.807) is 0 Å². The van der Waals surface area contributed by atoms with Crippen molar-refractivity contribution >= 4 is 17.3 Å². The van der Waals surface area contributed by atoms with Gasteiger partial charge in [0.1, 0.15) is 12.7 Å². The summed E-state index contributed by atoms with van der Waals surface area (Å²) in [5, 5.41) is 24.4. The highest BCUT2D eigenvalue weighted by molar-refractivity contribution is 6.30. The number of benzene rings is 1. The van der Waals surface area contributed by atoms with E-state index < -0.39 is 11.0 Å². The third-order valence-electron chi connectivity index (χ3n) is 3.23. The number of nitro groups is 1. The first kappa shape index (κ1) is 16.0. The van der Waals surface area contributed by atoms with E-state index in [9.17, 15) is 15.2 Å². The molecule has 116 valence electrons. The first-order valence-corrected chi connectivity index (χ1v) is 7.12. The summed E-state index contributed by atoms with van der Waals surface area (Å²) < 4.78 is 5.36. The molecule has 1 fully saturated rings. The van der Waals surface area contributed by atoms with E-state index >= 15 is 0 Å². The fraction of sp³-hybridized carbons (Fsp3) is 0.538. The number of aliphatic hydroxyl groups is 1. The van der Waals surface area contributed by atoms with Crippen LogP contribution in [0, 0.1) is 10.1 Å². The number of hydrogen-bond acceptors (Lipinski definition) is 6. The van der Waals surface area contributed by atoms with E-state index in [0.717, 1.165) is 26.2 Å². The van der Waals surface area contributed by atoms with Crippen LogP contribution in [0.3, 0.4) is 0 Å². The van der Waals surface area contributed by atoms with Gasteiger partial charge in [-0.05, 0) is 12.1 Å². The van der Waals surface area contributed by atoms with Gasteiger partial charge in [-0.2, -0.15) is 0 Å². The predicted molar refractivity (Wildman–Crippen MR) is 78.9 cm³/mol. The van der Waals surface area contributed by atoms with Crippen molar-refractivity contribution in [1.29, 1.82) is 0 Å². The molecule has 0 aromatic heterocycles. The van der Waals surface area contributed by atoms with Gasteiger partial charge in [0, 0.05) is 43.8 Å². The van der Waals surface area contributed by atoms with Crippen molar-refractivity contribution in [3.8, 4) is 5.75 Å². The summed E-state index contributed by atoms with van der Waals surface area (Å²) in [5.74, 6) is 0.115. The van der Waals surface area contributed by atoms with Crippen LogP contribution in [-0.4, -0.2) is 60.4 Å². The van der Waals surface area contributed by atoms with Gasteiger partial charge in [0.05, 0.1) is 4.92 Å². The molecular weight excluding hydrogens is 298 g/mol. The maximum absolute atomic E-state index is 10.9. The molecule has 1 heterocycles. The molecule has 0 aliphatic carbocycles. The van der Waals surface area contributed by atoms with Crippen molar-refractivity contribution in [2.45, 2.75) is 6.10 Å². The Kier molecular flexibility index (Phi) is 5.75. The quantitative estimate of drug-likeness (QED) is 0.599. The summed E-state index contributed by atoms with van der Waals surface area (Å²) in [6.45, 7) is 4.04. The summed E-state index contributed by atoms with van der Waals surface area (Å²) in [4.78, 5) is 12.5. The van der Waals surface area contributed by atoms with Gasteiger partial charge in [-0.3, -0.25) is 15.0 Å². The molecule has 0 bridgehead atoms. The zero-order chi connectivity index (χ0) is 15.2. The van der Waals surface area contributed by atoms with Gasteiger partial charge < -0.3 is 15.2 Å². The molecule has 7 nitrogen and oxygen atoms in total. The zero-order valence-corrected chi connectivity index (χ0v) is 12.3. The van der Waals surface area contributed by atoms with Gasteiger partial charge in [0.2, 0.25) is 0 Å². The van der Waals surface area contributed by atoms with Crippen LogP contribution in [-0.2, 0) is 0 Å². The molecule has 1 aromatic rings. The molecule has 1 aliphatic heterocycles. The van der Waals surface area contributed by atoms with Gasteiger partial charge in [-0.15, -0.1) is 0 Å². The lowest BCUT2D eigenvalue weighted by atomic mass is 10.3. The molecule has 1 aliphatic rings. The number of β-amino-alcohol motifs (C(OH)–C–C–N with tert-alkyl or cyclic N) is 1. The molecule has 2 rings (SSSR count). The van der Waals surface area contributed by atoms with Gasteiger partial charge in [0.15, 0.2) is 5.75 Å². The summed E-state index contributed by atoms with van der Waals surface area (Å²) >= 11 is 5.73. The predicted octanol–water partition coefficient (Wildman–Crippen LogP) is 0.893. The molecular formula is C13H18ClN3O4. The molecule has 8 heteroatoms. The average molecular weight is 316 g/mol. The monoisotopic (exact) mass is 315 g/mol. The average Bonchev–Trinajstić information content (AvgIpc) is 2.47. The third-order valence-corrected chi connectivity index (χ3v) is 3.46. The summed E-state index contributed by atoms with van der Waals surface area (Å²) in [6, 6.07) is 4.20. The van der Waals surface area contributed by atoms with E-state index in [2.05, 4.69) is 10.2 Å². The van der Waals surface area contributed by atoms with Gasteiger partial charge in [-0.1, -0.05) is 11.6 Å². The normalized spacial score (nSPS) is 17.4. The largest absolute Gasteiger partial charge is 0.484 e. The Labute approximate surface area is 127 Å². The Bertz CT molecular complexity index is 494. The number of rotatable bonds is 6. The van der Waals surface area contributed by atoms with E-state index in [4.69, 9.17) is 16.3 Å². The molecule has 1 unspecified atom stereocenters. The van der Waals surface area contributed by atoms with E-state index in [1.165, 1.54) is 18.2 Å². The Hall–Kier alpha value is -1.41. The van der Waals surface area contributed by atoms with Gasteiger partial charge in [0.25, 0.3) is 0 Å². The fourth-order valence-electron chi connectivity index (χ4n) is 2.19. The Morgan fingerprint density at radius 2 is 2.19 bits per heavy atom. The minimum atomic E-state index is -0.696. The molecule has 1 saturated heterocycles. The standard InChI is InChI=1S/C13H18ClN3O4/c14-10-1-2-13(12(7-10)17(19)20)21-9-11(18)8-16-5-3-15-4-6-16/h1-2,7,11,15,18H,3-6,8-9H2. The highest BCUT2D eigenvalue weighted by Crippen LogP contribution is 2.29. The number of piperazine rings is 1. The summed E-state index contributed by atoms with van der Waals surface area (Å²) in [5.41, 5.74) is -0.197. The van der Waals surface area contributed by atoms with Crippen molar-refractivity contribution < 1.29 is 14.8 Å². The van der Waals surface area contributed by atoms with Crippen LogP contribution in [0.4, 0.5) is 5.69 Å². The summed E-state index contributed by atoms with van der Waals surface area (Å²) in [7, 11) is 0. The lowest BCUT2D eigenvalue weighted by Gasteiger charge is -2.28. The smallest absolute Gasteiger partial charge is 0.312 e. The van der Waals surface area contributed by atoms with Crippen molar-refractivity contribution in [1.82, 2.24) is 10.2 Å². The number of nitrogens with one attached hydrogen (secondary N) is 1. The Morgan fingerprint density at radius 1 is 1.48 bits per heavy atom. The highest BCUT2D eigenvalue weighted by atomic mass is 35.5. The Balaban J connectivity index is 1.88. The van der Waals surface area contributed by atoms with Crippen LogP contribution < -0.4 is 10.1 Å². The Morgan fingerprint density at radius 3 is 2.86 bits per heavy atom. The number of halogens is 1. The van der Waals surface area contributed by atoms with Crippen LogP contribution in [0.1, 0.15) is 0 Å². The van der Waals surface area contributed by atoms with Crippen molar-refractivity contribution in [2.75, 3.05) is 39.3 Å². The maximum atomic E-state index is 10.9. The second kappa shape index (κ2) is 7.56. The zero-order valence-electron chi connectivity index (χ0n) is 11.5. The number of ether oxygens (including phenoxy) is 1. The topological polar surface area (TPSA) is 87.9 Å². The molecule has 21 heavy (non-hydrogen) atoms. The molecule has 0 radical (unpaired) electrons. The van der Waals surface area contributed by atoms with E-state index in [0.29, 0.717) is 6.54 Å². The molecule has 0 amide bonds. The number of nitro benzene ring substituents is 1. The SMILES string of the molecule is O=[N+]([O-])c1cc(Cl)ccc1OCC(O)CN1CCNCC1. The number of nitrogens with zero attached hydrogens (tertiary/aromatic N) is 2.